The van der Waals surface area contributed by atoms with E-state index in [4.69, 9.17) is 9.97 Å². The van der Waals surface area contributed by atoms with Crippen LogP contribution in [0.25, 0.3) is 88.2 Å². The van der Waals surface area contributed by atoms with E-state index in [0.717, 1.165) is 38.9 Å². The topological polar surface area (TPSA) is 35.6 Å². The van der Waals surface area contributed by atoms with E-state index < -0.39 is 0 Å². The Labute approximate surface area is 264 Å². The minimum absolute atomic E-state index is 0.667. The molecule has 0 aliphatic carbocycles. The third-order valence-corrected chi connectivity index (χ3v) is 9.30. The maximum absolute atomic E-state index is 5.33. The van der Waals surface area contributed by atoms with Crippen LogP contribution in [0.4, 0.5) is 0 Å². The molecule has 0 spiro atoms. The fourth-order valence-corrected chi connectivity index (χ4v) is 7.29. The Balaban J connectivity index is 1.37. The normalized spacial score (nSPS) is 11.9. The van der Waals surface area contributed by atoms with Crippen molar-refractivity contribution in [3.05, 3.63) is 158 Å². The number of hydrogen-bond donors (Lipinski definition) is 0. The third kappa shape index (κ3) is 3.55. The minimum atomic E-state index is 0.667. The first-order valence-corrected chi connectivity index (χ1v) is 15.6. The number of hydrogen-bond acceptors (Lipinski definition) is 2. The van der Waals surface area contributed by atoms with E-state index in [1.807, 2.05) is 12.1 Å². The predicted molar refractivity (Wildman–Crippen MR) is 191 cm³/mol. The van der Waals surface area contributed by atoms with Crippen molar-refractivity contribution in [1.82, 2.24) is 19.1 Å². The van der Waals surface area contributed by atoms with Gasteiger partial charge < -0.3 is 4.57 Å². The highest BCUT2D eigenvalue weighted by molar-refractivity contribution is 6.22. The molecule has 10 rings (SSSR count). The predicted octanol–water partition coefficient (Wildman–Crippen LogP) is 10.6. The van der Waals surface area contributed by atoms with E-state index in [-0.39, 0.29) is 0 Å². The summed E-state index contributed by atoms with van der Waals surface area (Å²) >= 11 is 0. The van der Waals surface area contributed by atoms with E-state index in [1.54, 1.807) is 0 Å². The molecule has 0 saturated heterocycles. The summed E-state index contributed by atoms with van der Waals surface area (Å²) in [5.74, 6) is 0.667. The molecule has 0 unspecified atom stereocenters. The molecule has 0 fully saturated rings. The zero-order valence-corrected chi connectivity index (χ0v) is 24.8. The fourth-order valence-electron chi connectivity index (χ4n) is 7.29. The lowest BCUT2D eigenvalue weighted by molar-refractivity contribution is 1.02. The number of aromatic nitrogens is 4. The van der Waals surface area contributed by atoms with Crippen molar-refractivity contribution in [2.45, 2.75) is 0 Å². The van der Waals surface area contributed by atoms with Gasteiger partial charge in [0.1, 0.15) is 0 Å². The van der Waals surface area contributed by atoms with Crippen LogP contribution in [-0.2, 0) is 0 Å². The van der Waals surface area contributed by atoms with Crippen molar-refractivity contribution in [3.63, 3.8) is 0 Å². The molecule has 0 bridgehead atoms. The van der Waals surface area contributed by atoms with Gasteiger partial charge in [-0.05, 0) is 47.9 Å². The van der Waals surface area contributed by atoms with Crippen molar-refractivity contribution in [1.29, 1.82) is 0 Å². The van der Waals surface area contributed by atoms with Crippen LogP contribution in [0.3, 0.4) is 0 Å². The Kier molecular flexibility index (Phi) is 5.25. The maximum atomic E-state index is 5.33. The van der Waals surface area contributed by atoms with E-state index in [0.29, 0.717) is 5.95 Å². The van der Waals surface area contributed by atoms with Crippen LogP contribution in [0.2, 0.25) is 0 Å². The highest BCUT2D eigenvalue weighted by Crippen LogP contribution is 2.41. The molecule has 0 aliphatic heterocycles. The zero-order chi connectivity index (χ0) is 30.2. The molecule has 0 radical (unpaired) electrons. The highest BCUT2D eigenvalue weighted by atomic mass is 15.2. The number of rotatable bonds is 3. The molecule has 214 valence electrons. The average Bonchev–Trinajstić information content (AvgIpc) is 3.64. The van der Waals surface area contributed by atoms with Crippen molar-refractivity contribution in [2.75, 3.05) is 0 Å². The second kappa shape index (κ2) is 9.62. The van der Waals surface area contributed by atoms with Crippen LogP contribution in [0.15, 0.2) is 158 Å². The van der Waals surface area contributed by atoms with E-state index in [2.05, 4.69) is 155 Å². The van der Waals surface area contributed by atoms with Crippen molar-refractivity contribution >= 4 is 65.3 Å². The minimum Gasteiger partial charge on any atom is -0.309 e. The van der Waals surface area contributed by atoms with Gasteiger partial charge in [-0.2, -0.15) is 0 Å². The number of benzene rings is 7. The molecule has 3 aromatic heterocycles. The van der Waals surface area contributed by atoms with Crippen molar-refractivity contribution in [2.24, 2.45) is 0 Å². The van der Waals surface area contributed by atoms with Crippen LogP contribution in [0.5, 0.6) is 0 Å². The van der Waals surface area contributed by atoms with Crippen LogP contribution in [-0.4, -0.2) is 19.1 Å². The van der Waals surface area contributed by atoms with Crippen molar-refractivity contribution < 1.29 is 0 Å². The molecule has 0 N–H and O–H groups in total. The second-order valence-corrected chi connectivity index (χ2v) is 11.8. The third-order valence-electron chi connectivity index (χ3n) is 9.30. The van der Waals surface area contributed by atoms with E-state index in [1.165, 1.54) is 43.4 Å². The van der Waals surface area contributed by atoms with Gasteiger partial charge in [-0.1, -0.05) is 115 Å². The van der Waals surface area contributed by atoms with Crippen LogP contribution in [0.1, 0.15) is 0 Å². The molecule has 0 saturated carbocycles. The highest BCUT2D eigenvalue weighted by Gasteiger charge is 2.20. The first-order chi connectivity index (χ1) is 22.8. The first-order valence-electron chi connectivity index (χ1n) is 15.6. The monoisotopic (exact) mass is 586 g/mol. The van der Waals surface area contributed by atoms with Crippen LogP contribution in [0, 0.1) is 0 Å². The molecule has 4 nitrogen and oxygen atoms in total. The molecule has 10 aromatic rings. The summed E-state index contributed by atoms with van der Waals surface area (Å²) in [7, 11) is 0. The summed E-state index contributed by atoms with van der Waals surface area (Å²) in [5, 5.41) is 8.24. The van der Waals surface area contributed by atoms with Crippen LogP contribution < -0.4 is 0 Å². The molecule has 7 aromatic carbocycles. The van der Waals surface area contributed by atoms with Gasteiger partial charge in [-0.15, -0.1) is 0 Å². The molecule has 46 heavy (non-hydrogen) atoms. The Morgan fingerprint density at radius 1 is 0.391 bits per heavy atom. The number of nitrogens with zero attached hydrogens (tertiary/aromatic N) is 4. The molecule has 0 aliphatic rings. The SMILES string of the molecule is c1ccc(-c2nc(-n3c4ccccc4c4ccc5cc6c7ccccc7n(-c7ccccc7)c6cc5c43)nc3ccccc23)cc1. The molecule has 0 amide bonds. The Morgan fingerprint density at radius 2 is 1.02 bits per heavy atom. The lowest BCUT2D eigenvalue weighted by atomic mass is 10.0. The van der Waals surface area contributed by atoms with Gasteiger partial charge in [-0.3, -0.25) is 4.57 Å². The van der Waals surface area contributed by atoms with Gasteiger partial charge >= 0.3 is 0 Å². The van der Waals surface area contributed by atoms with E-state index >= 15 is 0 Å². The number of fused-ring (bicyclic) bond motifs is 9. The zero-order valence-electron chi connectivity index (χ0n) is 24.8. The lowest BCUT2D eigenvalue weighted by Gasteiger charge is -2.13. The average molecular weight is 587 g/mol. The lowest BCUT2D eigenvalue weighted by Crippen LogP contribution is -2.03. The molecular weight excluding hydrogens is 560 g/mol. The summed E-state index contributed by atoms with van der Waals surface area (Å²) in [4.78, 5) is 10.5. The second-order valence-electron chi connectivity index (χ2n) is 11.8. The molecular formula is C42H26N4. The Morgan fingerprint density at radius 3 is 1.80 bits per heavy atom. The summed E-state index contributed by atoms with van der Waals surface area (Å²) < 4.78 is 4.66. The van der Waals surface area contributed by atoms with Gasteiger partial charge in [0.2, 0.25) is 5.95 Å². The summed E-state index contributed by atoms with van der Waals surface area (Å²) in [6.45, 7) is 0. The smallest absolute Gasteiger partial charge is 0.235 e. The van der Waals surface area contributed by atoms with E-state index in [9.17, 15) is 0 Å². The van der Waals surface area contributed by atoms with Gasteiger partial charge in [0, 0.05) is 43.6 Å². The van der Waals surface area contributed by atoms with Gasteiger partial charge in [-0.25, -0.2) is 9.97 Å². The first kappa shape index (κ1) is 25.1. The molecule has 0 atom stereocenters. The summed E-state index contributed by atoms with van der Waals surface area (Å²) in [5.41, 5.74) is 8.63. The largest absolute Gasteiger partial charge is 0.309 e. The summed E-state index contributed by atoms with van der Waals surface area (Å²) in [6, 6.07) is 55.9. The van der Waals surface area contributed by atoms with Gasteiger partial charge in [0.15, 0.2) is 0 Å². The number of para-hydroxylation sites is 4. The summed E-state index contributed by atoms with van der Waals surface area (Å²) in [6.07, 6.45) is 0. The quantitative estimate of drug-likeness (QED) is 0.206. The Bertz CT molecular complexity index is 2790. The Hall–Kier alpha value is -6.26. The standard InChI is InChI=1S/C42H26N4/c1-3-13-27(14-4-1)40-33-19-7-10-20-36(33)43-42(44-40)46-38-22-12-8-17-30(38)32-24-23-28-25-35-31-18-9-11-21-37(31)45(29-15-5-2-6-16-29)39(35)26-34(28)41(32)46/h1-26H. The maximum Gasteiger partial charge on any atom is 0.235 e. The molecule has 3 heterocycles. The fraction of sp³-hybridized carbons (Fsp3) is 0. The van der Waals surface area contributed by atoms with Crippen LogP contribution >= 0.6 is 0 Å². The molecule has 4 heteroatoms. The van der Waals surface area contributed by atoms with Gasteiger partial charge in [0.25, 0.3) is 0 Å². The van der Waals surface area contributed by atoms with Crippen molar-refractivity contribution in [3.8, 4) is 22.9 Å². The van der Waals surface area contributed by atoms with Gasteiger partial charge in [0.05, 0.1) is 33.3 Å².